The molecule has 3 aliphatic carbocycles. The minimum Gasteiger partial charge on any atom is -0.497 e. The van der Waals surface area contributed by atoms with E-state index in [4.69, 9.17) is 18.4 Å². The molecule has 0 amide bonds. The highest BCUT2D eigenvalue weighted by molar-refractivity contribution is 7.87. The Morgan fingerprint density at radius 1 is 1.19 bits per heavy atom. The van der Waals surface area contributed by atoms with Gasteiger partial charge in [-0.05, 0) is 74.1 Å². The van der Waals surface area contributed by atoms with Crippen LogP contribution in [0.5, 0.6) is 5.75 Å². The summed E-state index contributed by atoms with van der Waals surface area (Å²) in [5, 5.41) is 10.6. The topological polar surface area (TPSA) is 94.9 Å². The van der Waals surface area contributed by atoms with Crippen LogP contribution in [0.4, 0.5) is 13.2 Å². The van der Waals surface area contributed by atoms with Crippen LogP contribution in [0.1, 0.15) is 63.0 Å². The SMILES string of the molecule is COc1ccc2c(c1)CCC1(C#N)C2=C(OS(=O)(=O)C(F)(F)F)C[C@]2(C)[C@@H](OC3CCCCO3)CC[C@@H]12. The molecule has 1 saturated carbocycles. The Labute approximate surface area is 214 Å². The number of hydrogen-bond donors (Lipinski definition) is 0. The summed E-state index contributed by atoms with van der Waals surface area (Å²) in [5.41, 5.74) is -6.11. The molecule has 11 heteroatoms. The molecule has 1 saturated heterocycles. The molecule has 5 rings (SSSR count). The van der Waals surface area contributed by atoms with Crippen LogP contribution in [0.25, 0.3) is 5.57 Å². The number of nitrogens with zero attached hydrogens (tertiary/aromatic N) is 1. The zero-order valence-electron chi connectivity index (χ0n) is 20.8. The number of allylic oxidation sites excluding steroid dienone is 2. The monoisotopic (exact) mass is 541 g/mol. The molecule has 0 radical (unpaired) electrons. The minimum atomic E-state index is -5.96. The number of fused-ring (bicyclic) bond motifs is 5. The van der Waals surface area contributed by atoms with Crippen molar-refractivity contribution in [1.29, 1.82) is 5.26 Å². The van der Waals surface area contributed by atoms with Crippen molar-refractivity contribution in [1.82, 2.24) is 0 Å². The number of rotatable bonds is 5. The molecule has 7 nitrogen and oxygen atoms in total. The highest BCUT2D eigenvalue weighted by Gasteiger charge is 2.64. The molecule has 2 fully saturated rings. The summed E-state index contributed by atoms with van der Waals surface area (Å²) in [6.07, 6.45) is 3.67. The average molecular weight is 542 g/mol. The number of nitriles is 1. The van der Waals surface area contributed by atoms with Crippen LogP contribution in [0.2, 0.25) is 0 Å². The van der Waals surface area contributed by atoms with Gasteiger partial charge in [0.2, 0.25) is 0 Å². The normalized spacial score (nSPS) is 33.7. The first-order valence-electron chi connectivity index (χ1n) is 12.5. The number of hydrogen-bond acceptors (Lipinski definition) is 7. The molecular formula is C26H30F3NO6S. The molecule has 1 aliphatic heterocycles. The molecule has 1 aromatic rings. The van der Waals surface area contributed by atoms with Gasteiger partial charge in [-0.15, -0.1) is 0 Å². The maximum atomic E-state index is 13.5. The molecule has 1 aromatic carbocycles. The fraction of sp³-hybridized carbons (Fsp3) is 0.654. The van der Waals surface area contributed by atoms with Gasteiger partial charge in [0.15, 0.2) is 6.29 Å². The smallest absolute Gasteiger partial charge is 0.497 e. The minimum absolute atomic E-state index is 0.103. The van der Waals surface area contributed by atoms with Crippen molar-refractivity contribution in [3.05, 3.63) is 35.1 Å². The standard InChI is InChI=1S/C26H30F3NO6S/c1-24-14-19(36-37(31,32)26(27,28)29)23-18-7-6-17(33-2)13-16(18)10-11-25(23,15-30)20(24)8-9-21(24)35-22-5-3-4-12-34-22/h6-7,13,20-22H,3-5,8-12,14H2,1-2H3/t20-,21+,22?,24+,25?/m1/s1. The van der Waals surface area contributed by atoms with E-state index in [1.807, 2.05) is 6.92 Å². The third-order valence-corrected chi connectivity index (χ3v) is 9.62. The van der Waals surface area contributed by atoms with Crippen LogP contribution < -0.4 is 4.74 Å². The van der Waals surface area contributed by atoms with E-state index >= 15 is 0 Å². The van der Waals surface area contributed by atoms with Crippen molar-refractivity contribution in [2.45, 2.75) is 76.2 Å². The van der Waals surface area contributed by atoms with Crippen LogP contribution >= 0.6 is 0 Å². The van der Waals surface area contributed by atoms with Gasteiger partial charge in [-0.2, -0.15) is 26.9 Å². The quantitative estimate of drug-likeness (QED) is 0.361. The van der Waals surface area contributed by atoms with Gasteiger partial charge < -0.3 is 18.4 Å². The maximum absolute atomic E-state index is 13.5. The van der Waals surface area contributed by atoms with Gasteiger partial charge >= 0.3 is 15.6 Å². The van der Waals surface area contributed by atoms with Crippen LogP contribution in [0, 0.1) is 28.1 Å². The Balaban J connectivity index is 1.65. The van der Waals surface area contributed by atoms with Gasteiger partial charge in [0, 0.05) is 24.0 Å². The van der Waals surface area contributed by atoms with E-state index in [2.05, 4.69) is 6.07 Å². The highest BCUT2D eigenvalue weighted by Crippen LogP contribution is 2.67. The third kappa shape index (κ3) is 4.21. The lowest BCUT2D eigenvalue weighted by Gasteiger charge is -2.52. The first kappa shape index (κ1) is 26.3. The Bertz CT molecular complexity index is 1250. The third-order valence-electron chi connectivity index (χ3n) is 8.63. The van der Waals surface area contributed by atoms with E-state index in [0.717, 1.165) is 18.4 Å². The van der Waals surface area contributed by atoms with E-state index in [1.54, 1.807) is 18.2 Å². The summed E-state index contributed by atoms with van der Waals surface area (Å²) in [6, 6.07) is 7.54. The molecule has 0 aromatic heterocycles. The van der Waals surface area contributed by atoms with E-state index in [-0.39, 0.29) is 23.7 Å². The lowest BCUT2D eigenvalue weighted by molar-refractivity contribution is -0.210. The molecule has 1 heterocycles. The number of aryl methyl sites for hydroxylation is 1. The van der Waals surface area contributed by atoms with Gasteiger partial charge in [-0.1, -0.05) is 13.0 Å². The Kier molecular flexibility index (Phi) is 6.52. The van der Waals surface area contributed by atoms with Crippen molar-refractivity contribution < 1.29 is 40.0 Å². The molecular weight excluding hydrogens is 511 g/mol. The molecule has 37 heavy (non-hydrogen) atoms. The first-order valence-corrected chi connectivity index (χ1v) is 14.0. The number of ether oxygens (including phenoxy) is 3. The van der Waals surface area contributed by atoms with Crippen LogP contribution in [-0.2, 0) is 30.2 Å². The zero-order valence-corrected chi connectivity index (χ0v) is 21.6. The second-order valence-electron chi connectivity index (χ2n) is 10.6. The summed E-state index contributed by atoms with van der Waals surface area (Å²) in [5.74, 6) is -0.0229. The molecule has 0 spiro atoms. The van der Waals surface area contributed by atoms with Crippen LogP contribution in [0.15, 0.2) is 24.0 Å². The molecule has 0 N–H and O–H groups in total. The average Bonchev–Trinajstić information content (AvgIpc) is 3.18. The number of alkyl halides is 3. The van der Waals surface area contributed by atoms with Crippen LogP contribution in [-0.4, -0.2) is 40.0 Å². The fourth-order valence-electron chi connectivity index (χ4n) is 6.94. The zero-order chi connectivity index (χ0) is 26.6. The van der Waals surface area contributed by atoms with Gasteiger partial charge in [0.25, 0.3) is 0 Å². The second kappa shape index (κ2) is 9.17. The van der Waals surface area contributed by atoms with Crippen molar-refractivity contribution in [3.63, 3.8) is 0 Å². The number of methoxy groups -OCH3 is 1. The van der Waals surface area contributed by atoms with Crippen molar-refractivity contribution in [3.8, 4) is 11.8 Å². The first-order chi connectivity index (χ1) is 17.4. The number of halogens is 3. The van der Waals surface area contributed by atoms with Crippen LogP contribution in [0.3, 0.4) is 0 Å². The Morgan fingerprint density at radius 3 is 2.62 bits per heavy atom. The fourth-order valence-corrected chi connectivity index (χ4v) is 7.44. The van der Waals surface area contributed by atoms with Crippen molar-refractivity contribution in [2.24, 2.45) is 16.7 Å². The molecule has 202 valence electrons. The van der Waals surface area contributed by atoms with E-state index < -0.39 is 38.9 Å². The van der Waals surface area contributed by atoms with Crippen molar-refractivity contribution in [2.75, 3.05) is 13.7 Å². The Morgan fingerprint density at radius 2 is 1.97 bits per heavy atom. The van der Waals surface area contributed by atoms with Gasteiger partial charge in [0.1, 0.15) is 11.5 Å². The van der Waals surface area contributed by atoms with Crippen molar-refractivity contribution >= 4 is 15.7 Å². The predicted molar refractivity (Wildman–Crippen MR) is 126 cm³/mol. The second-order valence-corrected chi connectivity index (χ2v) is 12.2. The largest absolute Gasteiger partial charge is 0.534 e. The van der Waals surface area contributed by atoms with E-state index in [0.29, 0.717) is 50.0 Å². The number of benzene rings is 1. The predicted octanol–water partition coefficient (Wildman–Crippen LogP) is 5.46. The van der Waals surface area contributed by atoms with Gasteiger partial charge in [-0.3, -0.25) is 0 Å². The lowest BCUT2D eigenvalue weighted by Crippen LogP contribution is -2.50. The summed E-state index contributed by atoms with van der Waals surface area (Å²) >= 11 is 0. The van der Waals surface area contributed by atoms with E-state index in [9.17, 15) is 26.9 Å². The lowest BCUT2D eigenvalue weighted by atomic mass is 9.51. The summed E-state index contributed by atoms with van der Waals surface area (Å²) < 4.78 is 87.3. The molecule has 2 unspecified atom stereocenters. The Hall–Kier alpha value is -2.29. The van der Waals surface area contributed by atoms with E-state index in [1.165, 1.54) is 7.11 Å². The molecule has 0 bridgehead atoms. The summed E-state index contributed by atoms with van der Waals surface area (Å²) in [4.78, 5) is 0. The summed E-state index contributed by atoms with van der Waals surface area (Å²) in [7, 11) is -4.45. The van der Waals surface area contributed by atoms with Gasteiger partial charge in [0.05, 0.1) is 24.7 Å². The molecule has 4 aliphatic rings. The highest BCUT2D eigenvalue weighted by atomic mass is 32.2. The molecule has 5 atom stereocenters. The van der Waals surface area contributed by atoms with Gasteiger partial charge in [-0.25, -0.2) is 0 Å². The summed E-state index contributed by atoms with van der Waals surface area (Å²) in [6.45, 7) is 2.45. The maximum Gasteiger partial charge on any atom is 0.534 e.